The fourth-order valence-corrected chi connectivity index (χ4v) is 0.332. The number of carbonyl (C=O) groups is 2. The van der Waals surface area contributed by atoms with E-state index in [-0.39, 0.29) is 5.91 Å². The second kappa shape index (κ2) is 11.7. The van der Waals surface area contributed by atoms with Crippen molar-refractivity contribution in [3.05, 3.63) is 0 Å². The number of nitrogens with one attached hydrogen (secondary N) is 2. The molecule has 0 aliphatic rings. The van der Waals surface area contributed by atoms with Gasteiger partial charge < -0.3 is 10.6 Å². The smallest absolute Gasteiger partial charge is 0.216 e. The third-order valence-electron chi connectivity index (χ3n) is 0.713. The Morgan fingerprint density at radius 3 is 1.91 bits per heavy atom. The van der Waals surface area contributed by atoms with E-state index in [1.807, 2.05) is 13.8 Å². The van der Waals surface area contributed by atoms with E-state index in [1.165, 1.54) is 6.92 Å². The van der Waals surface area contributed by atoms with Crippen molar-refractivity contribution in [2.24, 2.45) is 0 Å². The highest BCUT2D eigenvalue weighted by atomic mass is 16.1. The van der Waals surface area contributed by atoms with Gasteiger partial charge in [0.25, 0.3) is 0 Å². The van der Waals surface area contributed by atoms with E-state index >= 15 is 0 Å². The Morgan fingerprint density at radius 2 is 1.91 bits per heavy atom. The lowest BCUT2D eigenvalue weighted by Crippen LogP contribution is -2.18. The van der Waals surface area contributed by atoms with Crippen molar-refractivity contribution in [3.63, 3.8) is 0 Å². The zero-order valence-electron chi connectivity index (χ0n) is 7.31. The number of amides is 2. The van der Waals surface area contributed by atoms with E-state index in [2.05, 4.69) is 10.6 Å². The SMILES string of the molecule is CCNC(C)=O.CCNC=O. The van der Waals surface area contributed by atoms with Gasteiger partial charge in [-0.05, 0) is 13.8 Å². The van der Waals surface area contributed by atoms with Gasteiger partial charge >= 0.3 is 0 Å². The summed E-state index contributed by atoms with van der Waals surface area (Å²) in [5, 5.41) is 5.00. The van der Waals surface area contributed by atoms with Crippen molar-refractivity contribution < 1.29 is 9.59 Å². The summed E-state index contributed by atoms with van der Waals surface area (Å²) < 4.78 is 0. The number of hydrogen-bond donors (Lipinski definition) is 2. The molecule has 0 unspecified atom stereocenters. The molecule has 0 aromatic heterocycles. The van der Waals surface area contributed by atoms with Gasteiger partial charge in [0, 0.05) is 20.0 Å². The minimum atomic E-state index is 0.0394. The normalized spacial score (nSPS) is 7.18. The fraction of sp³-hybridized carbons (Fsp3) is 0.714. The molecule has 0 atom stereocenters. The van der Waals surface area contributed by atoms with Crippen LogP contribution >= 0.6 is 0 Å². The highest BCUT2D eigenvalue weighted by Crippen LogP contribution is 1.54. The van der Waals surface area contributed by atoms with Crippen LogP contribution in [0.4, 0.5) is 0 Å². The summed E-state index contributed by atoms with van der Waals surface area (Å²) in [6.07, 6.45) is 0.681. The molecule has 0 heterocycles. The Labute approximate surface area is 67.4 Å². The van der Waals surface area contributed by atoms with Crippen LogP contribution in [0.3, 0.4) is 0 Å². The molecule has 4 heteroatoms. The molecule has 0 spiro atoms. The minimum absolute atomic E-state index is 0.0394. The first-order chi connectivity index (χ1) is 5.18. The summed E-state index contributed by atoms with van der Waals surface area (Å²) in [7, 11) is 0. The van der Waals surface area contributed by atoms with E-state index in [0.717, 1.165) is 13.1 Å². The molecule has 0 bridgehead atoms. The van der Waals surface area contributed by atoms with Gasteiger partial charge in [0.1, 0.15) is 0 Å². The van der Waals surface area contributed by atoms with Gasteiger partial charge in [0.05, 0.1) is 0 Å². The highest BCUT2D eigenvalue weighted by Gasteiger charge is 1.78. The van der Waals surface area contributed by atoms with E-state index in [4.69, 9.17) is 0 Å². The van der Waals surface area contributed by atoms with E-state index in [9.17, 15) is 9.59 Å². The first-order valence-corrected chi connectivity index (χ1v) is 3.60. The maximum atomic E-state index is 9.93. The predicted molar refractivity (Wildman–Crippen MR) is 44.1 cm³/mol. The Balaban J connectivity index is 0. The van der Waals surface area contributed by atoms with Gasteiger partial charge in [-0.2, -0.15) is 0 Å². The summed E-state index contributed by atoms with van der Waals surface area (Å²) in [6, 6.07) is 0. The fourth-order valence-electron chi connectivity index (χ4n) is 0.332. The molecule has 4 nitrogen and oxygen atoms in total. The third-order valence-corrected chi connectivity index (χ3v) is 0.713. The van der Waals surface area contributed by atoms with Crippen molar-refractivity contribution in [1.29, 1.82) is 0 Å². The lowest BCUT2D eigenvalue weighted by Gasteiger charge is -1.88. The molecule has 0 radical (unpaired) electrons. The molecule has 0 aliphatic carbocycles. The topological polar surface area (TPSA) is 58.2 Å². The molecular formula is C7H16N2O2. The van der Waals surface area contributed by atoms with Crippen LogP contribution in [0.2, 0.25) is 0 Å². The molecule has 11 heavy (non-hydrogen) atoms. The Hall–Kier alpha value is -1.06. The van der Waals surface area contributed by atoms with E-state index in [1.54, 1.807) is 0 Å². The van der Waals surface area contributed by atoms with Crippen LogP contribution in [0.25, 0.3) is 0 Å². The molecular weight excluding hydrogens is 144 g/mol. The van der Waals surface area contributed by atoms with Crippen molar-refractivity contribution in [1.82, 2.24) is 10.6 Å². The summed E-state index contributed by atoms with van der Waals surface area (Å²) in [5.41, 5.74) is 0. The van der Waals surface area contributed by atoms with Crippen molar-refractivity contribution in [2.45, 2.75) is 20.8 Å². The van der Waals surface area contributed by atoms with Crippen molar-refractivity contribution in [3.8, 4) is 0 Å². The molecule has 0 aliphatic heterocycles. The molecule has 0 aromatic carbocycles. The maximum Gasteiger partial charge on any atom is 0.216 e. The van der Waals surface area contributed by atoms with Gasteiger partial charge in [0.2, 0.25) is 12.3 Å². The predicted octanol–water partition coefficient (Wildman–Crippen LogP) is -0.105. The number of carbonyl (C=O) groups excluding carboxylic acids is 2. The molecule has 2 amide bonds. The zero-order chi connectivity index (χ0) is 9.11. The molecule has 0 saturated heterocycles. The largest absolute Gasteiger partial charge is 0.359 e. The Bertz CT molecular complexity index is 105. The second-order valence-electron chi connectivity index (χ2n) is 1.76. The van der Waals surface area contributed by atoms with Crippen LogP contribution in [0.1, 0.15) is 20.8 Å². The summed E-state index contributed by atoms with van der Waals surface area (Å²) in [4.78, 5) is 19.2. The van der Waals surface area contributed by atoms with Crippen LogP contribution in [-0.2, 0) is 9.59 Å². The average Bonchev–Trinajstić information content (AvgIpc) is 1.90. The minimum Gasteiger partial charge on any atom is -0.359 e. The van der Waals surface area contributed by atoms with Gasteiger partial charge in [-0.3, -0.25) is 9.59 Å². The van der Waals surface area contributed by atoms with Crippen molar-refractivity contribution in [2.75, 3.05) is 13.1 Å². The lowest BCUT2D eigenvalue weighted by atomic mass is 10.6. The van der Waals surface area contributed by atoms with Gasteiger partial charge in [-0.15, -0.1) is 0 Å². The summed E-state index contributed by atoms with van der Waals surface area (Å²) in [5.74, 6) is 0.0394. The van der Waals surface area contributed by atoms with Crippen LogP contribution < -0.4 is 10.6 Å². The summed E-state index contributed by atoms with van der Waals surface area (Å²) >= 11 is 0. The first kappa shape index (κ1) is 12.6. The first-order valence-electron chi connectivity index (χ1n) is 3.60. The molecule has 0 aromatic rings. The van der Waals surface area contributed by atoms with Crippen LogP contribution in [0.15, 0.2) is 0 Å². The molecule has 0 saturated carbocycles. The molecule has 0 rings (SSSR count). The van der Waals surface area contributed by atoms with E-state index < -0.39 is 0 Å². The highest BCUT2D eigenvalue weighted by molar-refractivity contribution is 5.72. The molecule has 0 fully saturated rings. The van der Waals surface area contributed by atoms with Crippen LogP contribution in [0.5, 0.6) is 0 Å². The lowest BCUT2D eigenvalue weighted by molar-refractivity contribution is -0.118. The van der Waals surface area contributed by atoms with Gasteiger partial charge in [0.15, 0.2) is 0 Å². The number of rotatable bonds is 3. The molecule has 2 N–H and O–H groups in total. The standard InChI is InChI=1S/C4H9NO.C3H7NO/c1-3-5-4(2)6;1-2-4-3-5/h3H2,1-2H3,(H,5,6);3H,2H2,1H3,(H,4,5). The maximum absolute atomic E-state index is 9.93. The Morgan fingerprint density at radius 1 is 1.36 bits per heavy atom. The second-order valence-corrected chi connectivity index (χ2v) is 1.76. The Kier molecular flexibility index (Phi) is 13.4. The van der Waals surface area contributed by atoms with Crippen LogP contribution in [-0.4, -0.2) is 25.4 Å². The van der Waals surface area contributed by atoms with E-state index in [0.29, 0.717) is 6.41 Å². The third kappa shape index (κ3) is 27.7. The zero-order valence-corrected chi connectivity index (χ0v) is 7.31. The quantitative estimate of drug-likeness (QED) is 0.566. The summed E-state index contributed by atoms with van der Waals surface area (Å²) in [6.45, 7) is 6.72. The average molecular weight is 160 g/mol. The van der Waals surface area contributed by atoms with Crippen LogP contribution in [0, 0.1) is 0 Å². The molecule has 66 valence electrons. The monoisotopic (exact) mass is 160 g/mol. The van der Waals surface area contributed by atoms with Gasteiger partial charge in [-0.25, -0.2) is 0 Å². The number of hydrogen-bond acceptors (Lipinski definition) is 2. The van der Waals surface area contributed by atoms with Crippen molar-refractivity contribution >= 4 is 12.3 Å². The van der Waals surface area contributed by atoms with Gasteiger partial charge in [-0.1, -0.05) is 0 Å².